The van der Waals surface area contributed by atoms with Gasteiger partial charge in [-0.3, -0.25) is 0 Å². The highest BCUT2D eigenvalue weighted by Gasteiger charge is 2.15. The number of nitrogens with zero attached hydrogens (tertiary/aromatic N) is 2. The highest BCUT2D eigenvalue weighted by Crippen LogP contribution is 2.11. The molecule has 2 heterocycles. The van der Waals surface area contributed by atoms with Crippen molar-refractivity contribution in [3.8, 4) is 0 Å². The fourth-order valence-corrected chi connectivity index (χ4v) is 2.96. The molecule has 2 rings (SSSR count). The molecule has 0 unspecified atom stereocenters. The Morgan fingerprint density at radius 1 is 1.30 bits per heavy atom. The largest absolute Gasteiger partial charge is 0.476 e. The summed E-state index contributed by atoms with van der Waals surface area (Å²) in [6.07, 6.45) is 5.10. The molecule has 1 fully saturated rings. The van der Waals surface area contributed by atoms with Gasteiger partial charge < -0.3 is 15.3 Å². The number of hydrogen-bond donors (Lipinski definition) is 2. The summed E-state index contributed by atoms with van der Waals surface area (Å²) >= 11 is 1.31. The summed E-state index contributed by atoms with van der Waals surface area (Å²) in [4.78, 5) is 28.5. The van der Waals surface area contributed by atoms with Crippen LogP contribution in [0.5, 0.6) is 0 Å². The van der Waals surface area contributed by atoms with E-state index in [0.29, 0.717) is 13.0 Å². The van der Waals surface area contributed by atoms with Crippen LogP contribution in [0.25, 0.3) is 0 Å². The molecule has 2 N–H and O–H groups in total. The van der Waals surface area contributed by atoms with E-state index in [1.54, 1.807) is 0 Å². The van der Waals surface area contributed by atoms with E-state index in [1.807, 2.05) is 4.90 Å². The number of nitrogens with one attached hydrogen (secondary N) is 1. The number of carboxylic acids is 1. The van der Waals surface area contributed by atoms with Gasteiger partial charge in [-0.15, -0.1) is 11.3 Å². The second-order valence-electron chi connectivity index (χ2n) is 4.81. The van der Waals surface area contributed by atoms with E-state index in [1.165, 1.54) is 29.6 Å². The molecule has 0 atom stereocenters. The minimum absolute atomic E-state index is 0.0260. The number of aromatic carboxylic acids is 1. The number of hydrogen-bond acceptors (Lipinski definition) is 4. The number of carbonyl (C=O) groups excluding carboxylic acids is 1. The Morgan fingerprint density at radius 3 is 2.60 bits per heavy atom. The molecule has 0 bridgehead atoms. The maximum Gasteiger partial charge on any atom is 0.355 e. The molecule has 0 aromatic carbocycles. The second-order valence-corrected chi connectivity index (χ2v) is 5.76. The van der Waals surface area contributed by atoms with Crippen molar-refractivity contribution in [2.24, 2.45) is 0 Å². The maximum atomic E-state index is 12.0. The Morgan fingerprint density at radius 2 is 2.00 bits per heavy atom. The zero-order valence-electron chi connectivity index (χ0n) is 11.3. The topological polar surface area (TPSA) is 82.5 Å². The summed E-state index contributed by atoms with van der Waals surface area (Å²) < 4.78 is 0. The van der Waals surface area contributed by atoms with Crippen LogP contribution in [0.4, 0.5) is 4.79 Å². The molecule has 0 saturated carbocycles. The van der Waals surface area contributed by atoms with Gasteiger partial charge in [0.15, 0.2) is 5.69 Å². The molecule has 110 valence electrons. The van der Waals surface area contributed by atoms with Crippen LogP contribution in [-0.2, 0) is 6.42 Å². The van der Waals surface area contributed by atoms with Crippen LogP contribution in [0.3, 0.4) is 0 Å². The summed E-state index contributed by atoms with van der Waals surface area (Å²) in [6, 6.07) is -0.0260. The molecule has 1 aromatic rings. The number of carboxylic acid groups (broad SMARTS) is 1. The monoisotopic (exact) mass is 297 g/mol. The zero-order chi connectivity index (χ0) is 14.4. The molecule has 6 nitrogen and oxygen atoms in total. The smallest absolute Gasteiger partial charge is 0.355 e. The number of thiazole rings is 1. The zero-order valence-corrected chi connectivity index (χ0v) is 12.1. The first-order valence-corrected chi connectivity index (χ1v) is 7.75. The van der Waals surface area contributed by atoms with Gasteiger partial charge in [0, 0.05) is 31.4 Å². The number of likely N-dealkylation sites (tertiary alicyclic amines) is 1. The lowest BCUT2D eigenvalue weighted by atomic mass is 10.2. The number of rotatable bonds is 4. The minimum atomic E-state index is -1.01. The molecule has 1 saturated heterocycles. The Bertz CT molecular complexity index is 467. The van der Waals surface area contributed by atoms with E-state index in [4.69, 9.17) is 5.11 Å². The van der Waals surface area contributed by atoms with Crippen LogP contribution >= 0.6 is 11.3 Å². The third-order valence-corrected chi connectivity index (χ3v) is 4.19. The van der Waals surface area contributed by atoms with Crippen molar-refractivity contribution in [2.45, 2.75) is 32.1 Å². The Kier molecular flexibility index (Phi) is 5.34. The van der Waals surface area contributed by atoms with Crippen molar-refractivity contribution >= 4 is 23.3 Å². The lowest BCUT2D eigenvalue weighted by Crippen LogP contribution is -2.41. The average molecular weight is 297 g/mol. The predicted molar refractivity (Wildman–Crippen MR) is 76.2 cm³/mol. The lowest BCUT2D eigenvalue weighted by Gasteiger charge is -2.20. The summed E-state index contributed by atoms with van der Waals surface area (Å²) in [5.41, 5.74) is 0.0730. The van der Waals surface area contributed by atoms with Crippen molar-refractivity contribution in [2.75, 3.05) is 19.6 Å². The third-order valence-electron chi connectivity index (χ3n) is 3.28. The van der Waals surface area contributed by atoms with Gasteiger partial charge in [0.05, 0.1) is 5.01 Å². The van der Waals surface area contributed by atoms with Gasteiger partial charge in [-0.05, 0) is 12.8 Å². The fraction of sp³-hybridized carbons (Fsp3) is 0.615. The van der Waals surface area contributed by atoms with Gasteiger partial charge in [0.1, 0.15) is 0 Å². The van der Waals surface area contributed by atoms with Gasteiger partial charge in [0.25, 0.3) is 0 Å². The highest BCUT2D eigenvalue weighted by molar-refractivity contribution is 7.09. The van der Waals surface area contributed by atoms with E-state index in [-0.39, 0.29) is 11.7 Å². The molecular weight excluding hydrogens is 278 g/mol. The standard InChI is InChI=1S/C13H19N3O3S/c17-12(18)10-9-20-11(15-10)5-6-14-13(19)16-7-3-1-2-4-8-16/h9H,1-8H2,(H,14,19)(H,17,18). The molecule has 0 radical (unpaired) electrons. The van der Waals surface area contributed by atoms with Crippen LogP contribution in [0.15, 0.2) is 5.38 Å². The molecule has 1 aliphatic heterocycles. The quantitative estimate of drug-likeness (QED) is 0.890. The Hall–Kier alpha value is -1.63. The van der Waals surface area contributed by atoms with E-state index in [0.717, 1.165) is 30.9 Å². The van der Waals surface area contributed by atoms with Crippen molar-refractivity contribution in [1.82, 2.24) is 15.2 Å². The predicted octanol–water partition coefficient (Wildman–Crippen LogP) is 1.97. The van der Waals surface area contributed by atoms with Crippen LogP contribution in [0, 0.1) is 0 Å². The van der Waals surface area contributed by atoms with Crippen LogP contribution < -0.4 is 5.32 Å². The molecule has 1 aromatic heterocycles. The fourth-order valence-electron chi connectivity index (χ4n) is 2.19. The second kappa shape index (κ2) is 7.23. The molecule has 0 aliphatic carbocycles. The van der Waals surface area contributed by atoms with Crippen molar-refractivity contribution in [3.05, 3.63) is 16.1 Å². The first kappa shape index (κ1) is 14.8. The number of urea groups is 1. The Balaban J connectivity index is 1.74. The molecule has 1 aliphatic rings. The van der Waals surface area contributed by atoms with E-state index >= 15 is 0 Å². The van der Waals surface area contributed by atoms with Gasteiger partial charge in [-0.2, -0.15) is 0 Å². The third kappa shape index (κ3) is 4.19. The van der Waals surface area contributed by atoms with Gasteiger partial charge in [-0.1, -0.05) is 12.8 Å². The van der Waals surface area contributed by atoms with Gasteiger partial charge in [0.2, 0.25) is 0 Å². The first-order chi connectivity index (χ1) is 9.66. The number of aromatic nitrogens is 1. The molecular formula is C13H19N3O3S. The summed E-state index contributed by atoms with van der Waals surface area (Å²) in [5.74, 6) is -1.01. The van der Waals surface area contributed by atoms with Crippen molar-refractivity contribution in [1.29, 1.82) is 0 Å². The SMILES string of the molecule is O=C(O)c1csc(CCNC(=O)N2CCCCCC2)n1. The van der Waals surface area contributed by atoms with E-state index in [9.17, 15) is 9.59 Å². The number of amides is 2. The van der Waals surface area contributed by atoms with E-state index < -0.39 is 5.97 Å². The summed E-state index contributed by atoms with van der Waals surface area (Å²) in [5, 5.41) is 13.9. The van der Waals surface area contributed by atoms with Gasteiger partial charge in [-0.25, -0.2) is 14.6 Å². The molecule has 2 amide bonds. The highest BCUT2D eigenvalue weighted by atomic mass is 32.1. The van der Waals surface area contributed by atoms with Crippen molar-refractivity contribution in [3.63, 3.8) is 0 Å². The lowest BCUT2D eigenvalue weighted by molar-refractivity contribution is 0.0691. The van der Waals surface area contributed by atoms with Crippen LogP contribution in [-0.4, -0.2) is 46.6 Å². The normalized spacial score (nSPS) is 15.7. The average Bonchev–Trinajstić information content (AvgIpc) is 2.73. The summed E-state index contributed by atoms with van der Waals surface area (Å²) in [6.45, 7) is 2.14. The molecule has 20 heavy (non-hydrogen) atoms. The Labute approximate surface area is 121 Å². The summed E-state index contributed by atoms with van der Waals surface area (Å²) in [7, 11) is 0. The molecule has 7 heteroatoms. The van der Waals surface area contributed by atoms with Crippen LogP contribution in [0.2, 0.25) is 0 Å². The minimum Gasteiger partial charge on any atom is -0.476 e. The van der Waals surface area contributed by atoms with Crippen molar-refractivity contribution < 1.29 is 14.7 Å². The number of carbonyl (C=O) groups is 2. The molecule has 0 spiro atoms. The van der Waals surface area contributed by atoms with Gasteiger partial charge >= 0.3 is 12.0 Å². The maximum absolute atomic E-state index is 12.0. The van der Waals surface area contributed by atoms with Crippen LogP contribution in [0.1, 0.15) is 41.2 Å². The first-order valence-electron chi connectivity index (χ1n) is 6.87. The van der Waals surface area contributed by atoms with E-state index in [2.05, 4.69) is 10.3 Å².